The van der Waals surface area contributed by atoms with Crippen LogP contribution in [0.15, 0.2) is 24.1 Å². The number of halogens is 1. The van der Waals surface area contributed by atoms with Crippen molar-refractivity contribution in [1.29, 1.82) is 0 Å². The molecule has 0 radical (unpaired) electrons. The molecule has 2 aliphatic rings. The summed E-state index contributed by atoms with van der Waals surface area (Å²) in [7, 11) is 1.54. The van der Waals surface area contributed by atoms with Crippen molar-refractivity contribution in [2.75, 3.05) is 7.11 Å². The van der Waals surface area contributed by atoms with Gasteiger partial charge >= 0.3 is 0 Å². The molecule has 0 amide bonds. The van der Waals surface area contributed by atoms with E-state index in [1.54, 1.807) is 26.2 Å². The summed E-state index contributed by atoms with van der Waals surface area (Å²) in [6.45, 7) is 1.75. The molecule has 3 rings (SSSR count). The lowest BCUT2D eigenvalue weighted by Crippen LogP contribution is -2.18. The van der Waals surface area contributed by atoms with E-state index >= 15 is 0 Å². The molecule has 4 nitrogen and oxygen atoms in total. The van der Waals surface area contributed by atoms with Gasteiger partial charge in [0.25, 0.3) is 0 Å². The van der Waals surface area contributed by atoms with Crippen LogP contribution in [0.3, 0.4) is 0 Å². The Hall–Kier alpha value is -1.68. The third-order valence-electron chi connectivity index (χ3n) is 3.49. The highest BCUT2D eigenvalue weighted by Gasteiger charge is 2.37. The minimum Gasteiger partial charge on any atom is -0.495 e. The Morgan fingerprint density at radius 3 is 2.80 bits per heavy atom. The molecular formula is C15H16ClNO3. The zero-order valence-electron chi connectivity index (χ0n) is 11.4. The maximum absolute atomic E-state index is 12.4. The number of methoxy groups -OCH3 is 1. The van der Waals surface area contributed by atoms with Crippen molar-refractivity contribution in [3.63, 3.8) is 0 Å². The summed E-state index contributed by atoms with van der Waals surface area (Å²) in [6, 6.07) is 5.78. The normalized spacial score (nSPS) is 21.9. The molecule has 1 N–H and O–H groups in total. The lowest BCUT2D eigenvalue weighted by atomic mass is 10.00. The van der Waals surface area contributed by atoms with Crippen LogP contribution in [0.2, 0.25) is 5.02 Å². The zero-order chi connectivity index (χ0) is 14.3. The van der Waals surface area contributed by atoms with Crippen LogP contribution in [0.1, 0.15) is 25.3 Å². The number of carbonyl (C=O) groups excluding carboxylic acids is 1. The van der Waals surface area contributed by atoms with Crippen LogP contribution in [0.25, 0.3) is 5.57 Å². The fourth-order valence-corrected chi connectivity index (χ4v) is 2.54. The molecule has 1 heterocycles. The van der Waals surface area contributed by atoms with Crippen LogP contribution >= 0.6 is 11.6 Å². The number of benzene rings is 1. The van der Waals surface area contributed by atoms with E-state index in [4.69, 9.17) is 21.1 Å². The monoisotopic (exact) mass is 293 g/mol. The van der Waals surface area contributed by atoms with Gasteiger partial charge in [-0.25, -0.2) is 0 Å². The lowest BCUT2D eigenvalue weighted by molar-refractivity contribution is -0.119. The number of Topliss-reactive ketones (excluding diaryl/α,β-unsaturated/α-hetero) is 1. The van der Waals surface area contributed by atoms with E-state index in [0.29, 0.717) is 33.8 Å². The third kappa shape index (κ3) is 2.24. The second-order valence-electron chi connectivity index (χ2n) is 5.07. The van der Waals surface area contributed by atoms with Gasteiger partial charge in [-0.05, 0) is 25.8 Å². The largest absolute Gasteiger partial charge is 0.495 e. The van der Waals surface area contributed by atoms with Crippen molar-refractivity contribution < 1.29 is 14.3 Å². The number of para-hydroxylation sites is 1. The molecule has 106 valence electrons. The van der Waals surface area contributed by atoms with E-state index in [1.165, 1.54) is 0 Å². The summed E-state index contributed by atoms with van der Waals surface area (Å²) < 4.78 is 11.0. The van der Waals surface area contributed by atoms with E-state index in [1.807, 2.05) is 6.07 Å². The van der Waals surface area contributed by atoms with E-state index in [-0.39, 0.29) is 5.78 Å². The van der Waals surface area contributed by atoms with Crippen LogP contribution in [0, 0.1) is 0 Å². The predicted molar refractivity (Wildman–Crippen MR) is 76.6 cm³/mol. The van der Waals surface area contributed by atoms with Crippen molar-refractivity contribution in [1.82, 2.24) is 5.32 Å². The molecule has 1 aromatic rings. The van der Waals surface area contributed by atoms with Crippen molar-refractivity contribution in [3.8, 4) is 5.75 Å². The van der Waals surface area contributed by atoms with E-state index < -0.39 is 6.10 Å². The second kappa shape index (κ2) is 5.02. The summed E-state index contributed by atoms with van der Waals surface area (Å²) in [5.74, 6) is 1.00. The van der Waals surface area contributed by atoms with Gasteiger partial charge in [0.05, 0.1) is 17.7 Å². The molecule has 0 saturated heterocycles. The Kier molecular flexibility index (Phi) is 3.34. The highest BCUT2D eigenvalue weighted by Crippen LogP contribution is 2.39. The summed E-state index contributed by atoms with van der Waals surface area (Å²) in [5, 5.41) is 3.75. The quantitative estimate of drug-likeness (QED) is 0.927. The molecule has 0 aromatic heterocycles. The first-order valence-electron chi connectivity index (χ1n) is 6.66. The topological polar surface area (TPSA) is 47.6 Å². The highest BCUT2D eigenvalue weighted by molar-refractivity contribution is 6.33. The van der Waals surface area contributed by atoms with Gasteiger partial charge < -0.3 is 14.8 Å². The number of ether oxygens (including phenoxy) is 2. The maximum Gasteiger partial charge on any atom is 0.209 e. The van der Waals surface area contributed by atoms with Gasteiger partial charge in [-0.3, -0.25) is 4.79 Å². The van der Waals surface area contributed by atoms with Crippen molar-refractivity contribution >= 4 is 23.0 Å². The number of nitrogens with one attached hydrogen (secondary N) is 1. The summed E-state index contributed by atoms with van der Waals surface area (Å²) in [6.07, 6.45) is 1.74. The third-order valence-corrected chi connectivity index (χ3v) is 3.79. The van der Waals surface area contributed by atoms with Gasteiger partial charge in [-0.15, -0.1) is 0 Å². The van der Waals surface area contributed by atoms with Gasteiger partial charge in [0.15, 0.2) is 12.0 Å². The number of ketones is 1. The van der Waals surface area contributed by atoms with Crippen molar-refractivity contribution in [3.05, 3.63) is 34.7 Å². The summed E-state index contributed by atoms with van der Waals surface area (Å²) >= 11 is 6.14. The second-order valence-corrected chi connectivity index (χ2v) is 5.47. The van der Waals surface area contributed by atoms with Gasteiger partial charge in [0, 0.05) is 11.6 Å². The first-order valence-corrected chi connectivity index (χ1v) is 7.04. The molecular weight excluding hydrogens is 278 g/mol. The standard InChI is InChI=1S/C15H16ClNO3/c1-8-13(18)12(15(20-8)17-9-6-7-9)10-4-3-5-11(16)14(10)19-2/h3-5,8-9,17H,6-7H2,1-2H3. The van der Waals surface area contributed by atoms with Crippen LogP contribution in [-0.2, 0) is 9.53 Å². The fraction of sp³-hybridized carbons (Fsp3) is 0.400. The van der Waals surface area contributed by atoms with Crippen molar-refractivity contribution in [2.24, 2.45) is 0 Å². The van der Waals surface area contributed by atoms with E-state index in [0.717, 1.165) is 12.8 Å². The Balaban J connectivity index is 2.08. The van der Waals surface area contributed by atoms with Crippen LogP contribution < -0.4 is 10.1 Å². The van der Waals surface area contributed by atoms with Crippen LogP contribution in [-0.4, -0.2) is 25.0 Å². The fourth-order valence-electron chi connectivity index (χ4n) is 2.29. The average Bonchev–Trinajstić information content (AvgIpc) is 3.18. The minimum atomic E-state index is -0.477. The molecule has 1 aliphatic carbocycles. The van der Waals surface area contributed by atoms with E-state index in [9.17, 15) is 4.79 Å². The molecule has 1 fully saturated rings. The smallest absolute Gasteiger partial charge is 0.209 e. The average molecular weight is 294 g/mol. The van der Waals surface area contributed by atoms with Gasteiger partial charge in [-0.1, -0.05) is 23.7 Å². The maximum atomic E-state index is 12.4. The van der Waals surface area contributed by atoms with Gasteiger partial charge in [0.1, 0.15) is 5.75 Å². The predicted octanol–water partition coefficient (Wildman–Crippen LogP) is 2.76. The Morgan fingerprint density at radius 1 is 1.40 bits per heavy atom. The van der Waals surface area contributed by atoms with Crippen molar-refractivity contribution in [2.45, 2.75) is 31.9 Å². The molecule has 0 bridgehead atoms. The molecule has 1 unspecified atom stereocenters. The Morgan fingerprint density at radius 2 is 2.15 bits per heavy atom. The number of hydrogen-bond donors (Lipinski definition) is 1. The Labute approximate surface area is 122 Å². The number of rotatable bonds is 4. The van der Waals surface area contributed by atoms with Crippen LogP contribution in [0.4, 0.5) is 0 Å². The number of hydrogen-bond acceptors (Lipinski definition) is 4. The van der Waals surface area contributed by atoms with Crippen LogP contribution in [0.5, 0.6) is 5.75 Å². The molecule has 1 aliphatic heterocycles. The van der Waals surface area contributed by atoms with Gasteiger partial charge in [-0.2, -0.15) is 0 Å². The lowest BCUT2D eigenvalue weighted by Gasteiger charge is -2.12. The van der Waals surface area contributed by atoms with Gasteiger partial charge in [0.2, 0.25) is 5.78 Å². The zero-order valence-corrected chi connectivity index (χ0v) is 12.2. The molecule has 1 saturated carbocycles. The highest BCUT2D eigenvalue weighted by atomic mass is 35.5. The first-order chi connectivity index (χ1) is 9.61. The molecule has 0 spiro atoms. The minimum absolute atomic E-state index is 0.0475. The van der Waals surface area contributed by atoms with E-state index in [2.05, 4.69) is 5.32 Å². The summed E-state index contributed by atoms with van der Waals surface area (Å²) in [4.78, 5) is 12.4. The molecule has 1 aromatic carbocycles. The Bertz CT molecular complexity index is 593. The number of carbonyl (C=O) groups is 1. The first kappa shape index (κ1) is 13.3. The molecule has 20 heavy (non-hydrogen) atoms. The summed E-state index contributed by atoms with van der Waals surface area (Å²) in [5.41, 5.74) is 1.21. The molecule has 1 atom stereocenters. The molecule has 5 heteroatoms. The SMILES string of the molecule is COc1c(Cl)cccc1C1=C(NC2CC2)OC(C)C1=O.